The topological polar surface area (TPSA) is 30.5 Å². The van der Waals surface area contributed by atoms with Crippen LogP contribution in [-0.2, 0) is 4.84 Å². The molecule has 0 aliphatic carbocycles. The fourth-order valence-corrected chi connectivity index (χ4v) is 1.97. The third-order valence-electron chi connectivity index (χ3n) is 2.82. The van der Waals surface area contributed by atoms with E-state index in [0.717, 1.165) is 18.4 Å². The number of hydrogen-bond donors (Lipinski definition) is 1. The van der Waals surface area contributed by atoms with Gasteiger partial charge in [-0.2, -0.15) is 5.48 Å². The maximum atomic E-state index is 13.4. The monoisotopic (exact) mass is 225 g/mol. The average molecular weight is 225 g/mol. The largest absolute Gasteiger partial charge is 0.493 e. The summed E-state index contributed by atoms with van der Waals surface area (Å²) in [7, 11) is 1.59. The van der Waals surface area contributed by atoms with Crippen LogP contribution >= 0.6 is 0 Å². The second-order valence-electron chi connectivity index (χ2n) is 4.00. The molecule has 2 rings (SSSR count). The van der Waals surface area contributed by atoms with Crippen molar-refractivity contribution in [2.45, 2.75) is 25.8 Å². The Bertz CT molecular complexity index is 382. The van der Waals surface area contributed by atoms with Gasteiger partial charge in [0.2, 0.25) is 0 Å². The van der Waals surface area contributed by atoms with Gasteiger partial charge in [-0.1, -0.05) is 0 Å². The third kappa shape index (κ3) is 2.18. The fourth-order valence-electron chi connectivity index (χ4n) is 1.97. The summed E-state index contributed by atoms with van der Waals surface area (Å²) in [6.07, 6.45) is 1.85. The molecule has 1 aromatic rings. The minimum absolute atomic E-state index is 0.0711. The molecule has 1 unspecified atom stereocenters. The normalized spacial score (nSPS) is 19.8. The molecule has 16 heavy (non-hydrogen) atoms. The van der Waals surface area contributed by atoms with Gasteiger partial charge >= 0.3 is 0 Å². The van der Waals surface area contributed by atoms with Gasteiger partial charge in [0.15, 0.2) is 0 Å². The van der Waals surface area contributed by atoms with Crippen molar-refractivity contribution < 1.29 is 14.0 Å². The molecule has 0 fully saturated rings. The van der Waals surface area contributed by atoms with Gasteiger partial charge in [0.25, 0.3) is 0 Å². The molecule has 0 spiro atoms. The second-order valence-corrected chi connectivity index (χ2v) is 4.00. The van der Waals surface area contributed by atoms with Crippen molar-refractivity contribution in [3.05, 3.63) is 29.1 Å². The molecule has 1 atom stereocenters. The lowest BCUT2D eigenvalue weighted by Crippen LogP contribution is -2.19. The number of fused-ring (bicyclic) bond motifs is 1. The fraction of sp³-hybridized carbons (Fsp3) is 0.500. The molecule has 1 aliphatic rings. The summed E-state index contributed by atoms with van der Waals surface area (Å²) < 4.78 is 18.9. The predicted octanol–water partition coefficient (Wildman–Crippen LogP) is 2.50. The number of hydrogen-bond acceptors (Lipinski definition) is 3. The Morgan fingerprint density at radius 1 is 1.50 bits per heavy atom. The van der Waals surface area contributed by atoms with Crippen LogP contribution in [0, 0.1) is 12.7 Å². The lowest BCUT2D eigenvalue weighted by atomic mass is 10.0. The van der Waals surface area contributed by atoms with Crippen LogP contribution in [0.15, 0.2) is 12.1 Å². The van der Waals surface area contributed by atoms with Gasteiger partial charge in [-0.3, -0.25) is 0 Å². The predicted molar refractivity (Wildman–Crippen MR) is 58.8 cm³/mol. The van der Waals surface area contributed by atoms with Gasteiger partial charge in [-0.15, -0.1) is 0 Å². The SMILES string of the molecule is CONC1CCCOc2cc(F)c(C)cc21. The minimum atomic E-state index is -0.225. The zero-order valence-electron chi connectivity index (χ0n) is 9.55. The highest BCUT2D eigenvalue weighted by atomic mass is 19.1. The van der Waals surface area contributed by atoms with E-state index in [0.29, 0.717) is 17.9 Å². The zero-order chi connectivity index (χ0) is 11.5. The van der Waals surface area contributed by atoms with Crippen molar-refractivity contribution in [3.8, 4) is 5.75 Å². The van der Waals surface area contributed by atoms with Gasteiger partial charge in [0.05, 0.1) is 19.8 Å². The number of halogens is 1. The van der Waals surface area contributed by atoms with Crippen LogP contribution in [0.3, 0.4) is 0 Å². The van der Waals surface area contributed by atoms with E-state index in [9.17, 15) is 4.39 Å². The quantitative estimate of drug-likeness (QED) is 0.784. The number of rotatable bonds is 2. The highest BCUT2D eigenvalue weighted by molar-refractivity contribution is 5.40. The first kappa shape index (κ1) is 11.4. The standard InChI is InChI=1S/C12H16FNO2/c1-8-6-9-11(14-15-2)4-3-5-16-12(9)7-10(8)13/h6-7,11,14H,3-5H2,1-2H3. The molecule has 0 aromatic heterocycles. The van der Waals surface area contributed by atoms with E-state index in [1.165, 1.54) is 6.07 Å². The smallest absolute Gasteiger partial charge is 0.129 e. The van der Waals surface area contributed by atoms with Crippen molar-refractivity contribution in [2.75, 3.05) is 13.7 Å². The van der Waals surface area contributed by atoms with E-state index in [2.05, 4.69) is 5.48 Å². The third-order valence-corrected chi connectivity index (χ3v) is 2.82. The highest BCUT2D eigenvalue weighted by Gasteiger charge is 2.21. The first-order valence-electron chi connectivity index (χ1n) is 5.43. The first-order chi connectivity index (χ1) is 7.72. The number of nitrogens with one attached hydrogen (secondary N) is 1. The van der Waals surface area contributed by atoms with E-state index in [1.54, 1.807) is 14.0 Å². The summed E-state index contributed by atoms with van der Waals surface area (Å²) in [4.78, 5) is 4.96. The molecule has 1 aromatic carbocycles. The Hall–Kier alpha value is -1.13. The summed E-state index contributed by atoms with van der Waals surface area (Å²) in [5, 5.41) is 0. The molecule has 88 valence electrons. The Morgan fingerprint density at radius 2 is 2.31 bits per heavy atom. The highest BCUT2D eigenvalue weighted by Crippen LogP contribution is 2.33. The van der Waals surface area contributed by atoms with E-state index in [-0.39, 0.29) is 11.9 Å². The van der Waals surface area contributed by atoms with Crippen LogP contribution < -0.4 is 10.2 Å². The van der Waals surface area contributed by atoms with Crippen LogP contribution in [0.5, 0.6) is 5.75 Å². The van der Waals surface area contributed by atoms with Crippen LogP contribution in [0.4, 0.5) is 4.39 Å². The van der Waals surface area contributed by atoms with Gasteiger partial charge in [0.1, 0.15) is 11.6 Å². The number of ether oxygens (including phenoxy) is 1. The van der Waals surface area contributed by atoms with E-state index < -0.39 is 0 Å². The van der Waals surface area contributed by atoms with Gasteiger partial charge < -0.3 is 9.57 Å². The van der Waals surface area contributed by atoms with Crippen molar-refractivity contribution >= 4 is 0 Å². The van der Waals surface area contributed by atoms with Gasteiger partial charge in [0, 0.05) is 11.6 Å². The molecular formula is C12H16FNO2. The van der Waals surface area contributed by atoms with Crippen molar-refractivity contribution in [1.29, 1.82) is 0 Å². The molecule has 0 radical (unpaired) electrons. The van der Waals surface area contributed by atoms with Gasteiger partial charge in [-0.25, -0.2) is 4.39 Å². The minimum Gasteiger partial charge on any atom is -0.493 e. The van der Waals surface area contributed by atoms with Crippen molar-refractivity contribution in [3.63, 3.8) is 0 Å². The Morgan fingerprint density at radius 3 is 3.06 bits per heavy atom. The van der Waals surface area contributed by atoms with Crippen LogP contribution in [0.1, 0.15) is 30.0 Å². The van der Waals surface area contributed by atoms with Crippen LogP contribution in [-0.4, -0.2) is 13.7 Å². The van der Waals surface area contributed by atoms with E-state index in [4.69, 9.17) is 9.57 Å². The Labute approximate surface area is 94.5 Å². The summed E-state index contributed by atoms with van der Waals surface area (Å²) in [5.41, 5.74) is 4.53. The second kappa shape index (κ2) is 4.80. The summed E-state index contributed by atoms with van der Waals surface area (Å²) in [5.74, 6) is 0.395. The molecule has 1 N–H and O–H groups in total. The maximum Gasteiger partial charge on any atom is 0.129 e. The van der Waals surface area contributed by atoms with Crippen LogP contribution in [0.25, 0.3) is 0 Å². The molecule has 0 saturated heterocycles. The van der Waals surface area contributed by atoms with Crippen molar-refractivity contribution in [2.24, 2.45) is 0 Å². The molecule has 3 nitrogen and oxygen atoms in total. The number of aryl methyl sites for hydroxylation is 1. The lowest BCUT2D eigenvalue weighted by Gasteiger charge is -2.17. The molecule has 0 saturated carbocycles. The van der Waals surface area contributed by atoms with E-state index in [1.807, 2.05) is 6.07 Å². The molecule has 0 bridgehead atoms. The zero-order valence-corrected chi connectivity index (χ0v) is 9.55. The average Bonchev–Trinajstić information content (AvgIpc) is 2.44. The molecular weight excluding hydrogens is 209 g/mol. The Kier molecular flexibility index (Phi) is 3.41. The van der Waals surface area contributed by atoms with E-state index >= 15 is 0 Å². The van der Waals surface area contributed by atoms with Gasteiger partial charge in [-0.05, 0) is 31.4 Å². The number of hydroxylamine groups is 1. The molecule has 4 heteroatoms. The lowest BCUT2D eigenvalue weighted by molar-refractivity contribution is 0.0579. The summed E-state index contributed by atoms with van der Waals surface area (Å²) >= 11 is 0. The Balaban J connectivity index is 2.39. The molecule has 1 heterocycles. The summed E-state index contributed by atoms with van der Waals surface area (Å²) in [6, 6.07) is 3.36. The van der Waals surface area contributed by atoms with Crippen LogP contribution in [0.2, 0.25) is 0 Å². The summed E-state index contributed by atoms with van der Waals surface area (Å²) in [6.45, 7) is 2.38. The molecule has 0 amide bonds. The number of benzene rings is 1. The first-order valence-corrected chi connectivity index (χ1v) is 5.43. The van der Waals surface area contributed by atoms with Crippen molar-refractivity contribution in [1.82, 2.24) is 5.48 Å². The maximum absolute atomic E-state index is 13.4. The molecule has 1 aliphatic heterocycles.